The van der Waals surface area contributed by atoms with E-state index in [2.05, 4.69) is 9.97 Å². The molecule has 0 saturated heterocycles. The van der Waals surface area contributed by atoms with Gasteiger partial charge in [-0.2, -0.15) is 0 Å². The van der Waals surface area contributed by atoms with E-state index >= 15 is 0 Å². The summed E-state index contributed by atoms with van der Waals surface area (Å²) >= 11 is 8.54. The first-order valence-corrected chi connectivity index (χ1v) is 9.59. The number of ether oxygens (including phenoxy) is 1. The molecule has 0 amide bonds. The highest BCUT2D eigenvalue weighted by atomic mass is 35.5. The number of H-pyrrole nitrogens is 1. The lowest BCUT2D eigenvalue weighted by Crippen LogP contribution is -2.14. The number of hydrogen-bond acceptors (Lipinski definition) is 6. The molecule has 0 saturated carbocycles. The van der Waals surface area contributed by atoms with Gasteiger partial charge in [0.05, 0.1) is 9.72 Å². The van der Waals surface area contributed by atoms with Crippen LogP contribution in [0.15, 0.2) is 16.9 Å². The minimum absolute atomic E-state index is 0.0674. The molecule has 0 bridgehead atoms. The second-order valence-electron chi connectivity index (χ2n) is 5.58. The summed E-state index contributed by atoms with van der Waals surface area (Å²) in [5.41, 5.74) is 0.997. The van der Waals surface area contributed by atoms with Crippen molar-refractivity contribution in [2.45, 2.75) is 32.3 Å². The zero-order valence-corrected chi connectivity index (χ0v) is 14.9. The lowest BCUT2D eigenvalue weighted by Gasteiger charge is -2.09. The lowest BCUT2D eigenvalue weighted by atomic mass is 9.97. The summed E-state index contributed by atoms with van der Waals surface area (Å²) in [6, 6.07) is 3.26. The molecule has 0 atom stereocenters. The molecule has 1 N–H and O–H groups in total. The van der Waals surface area contributed by atoms with Gasteiger partial charge < -0.3 is 9.72 Å². The first-order chi connectivity index (χ1) is 11.6. The van der Waals surface area contributed by atoms with Crippen LogP contribution in [0.25, 0.3) is 10.2 Å². The molecule has 0 unspecified atom stereocenters. The Hall–Kier alpha value is -1.70. The summed E-state index contributed by atoms with van der Waals surface area (Å²) in [5.74, 6) is -0.109. The van der Waals surface area contributed by atoms with Gasteiger partial charge >= 0.3 is 5.97 Å². The van der Waals surface area contributed by atoms with E-state index < -0.39 is 5.97 Å². The number of nitrogens with zero attached hydrogens (tertiary/aromatic N) is 1. The Morgan fingerprint density at radius 3 is 2.92 bits per heavy atom. The van der Waals surface area contributed by atoms with Gasteiger partial charge in [-0.1, -0.05) is 11.6 Å². The zero-order chi connectivity index (χ0) is 16.7. The summed E-state index contributed by atoms with van der Waals surface area (Å²) < 4.78 is 5.75. The number of carbonyl (C=O) groups is 1. The highest BCUT2D eigenvalue weighted by molar-refractivity contribution is 7.19. The average Bonchev–Trinajstić information content (AvgIpc) is 3.16. The van der Waals surface area contributed by atoms with Crippen molar-refractivity contribution in [3.63, 3.8) is 0 Å². The number of nitrogens with one attached hydrogen (secondary N) is 1. The molecular formula is C16H13ClN2O3S2. The summed E-state index contributed by atoms with van der Waals surface area (Å²) in [6.45, 7) is -0.0674. The van der Waals surface area contributed by atoms with Crippen molar-refractivity contribution in [3.8, 4) is 0 Å². The van der Waals surface area contributed by atoms with Gasteiger partial charge in [0, 0.05) is 4.88 Å². The zero-order valence-electron chi connectivity index (χ0n) is 12.6. The molecule has 3 aromatic rings. The minimum atomic E-state index is -0.472. The summed E-state index contributed by atoms with van der Waals surface area (Å²) in [6.07, 6.45) is 4.22. The molecule has 8 heteroatoms. The maximum Gasteiger partial charge on any atom is 0.348 e. The van der Waals surface area contributed by atoms with Crippen LogP contribution in [0.4, 0.5) is 0 Å². The van der Waals surface area contributed by atoms with Crippen LogP contribution in [0.1, 0.15) is 38.8 Å². The van der Waals surface area contributed by atoms with Crippen LogP contribution in [0.2, 0.25) is 4.34 Å². The smallest absolute Gasteiger partial charge is 0.348 e. The Morgan fingerprint density at radius 2 is 2.12 bits per heavy atom. The number of fused-ring (bicyclic) bond motifs is 3. The van der Waals surface area contributed by atoms with Gasteiger partial charge in [0.2, 0.25) is 0 Å². The molecule has 0 aliphatic heterocycles. The van der Waals surface area contributed by atoms with Crippen LogP contribution in [0, 0.1) is 0 Å². The number of thiophene rings is 2. The highest BCUT2D eigenvalue weighted by Gasteiger charge is 2.20. The fourth-order valence-electron chi connectivity index (χ4n) is 2.91. The molecule has 1 aliphatic carbocycles. The molecular weight excluding hydrogens is 368 g/mol. The maximum absolute atomic E-state index is 12.4. The molecule has 24 heavy (non-hydrogen) atoms. The van der Waals surface area contributed by atoms with Crippen LogP contribution in [-0.2, 0) is 24.2 Å². The van der Waals surface area contributed by atoms with E-state index in [-0.39, 0.29) is 12.2 Å². The first-order valence-electron chi connectivity index (χ1n) is 7.58. The van der Waals surface area contributed by atoms with Crippen molar-refractivity contribution in [1.29, 1.82) is 0 Å². The Bertz CT molecular complexity index is 989. The number of halogens is 1. The predicted octanol–water partition coefficient (Wildman–Crippen LogP) is 3.94. The monoisotopic (exact) mass is 380 g/mol. The van der Waals surface area contributed by atoms with Gasteiger partial charge in [-0.15, -0.1) is 22.7 Å². The van der Waals surface area contributed by atoms with E-state index in [1.54, 1.807) is 23.5 Å². The van der Waals surface area contributed by atoms with E-state index in [1.165, 1.54) is 4.88 Å². The Kier molecular flexibility index (Phi) is 4.15. The van der Waals surface area contributed by atoms with E-state index in [1.807, 2.05) is 0 Å². The van der Waals surface area contributed by atoms with Crippen molar-refractivity contribution in [2.24, 2.45) is 0 Å². The quantitative estimate of drug-likeness (QED) is 0.698. The third kappa shape index (κ3) is 2.87. The van der Waals surface area contributed by atoms with Crippen LogP contribution >= 0.6 is 34.3 Å². The van der Waals surface area contributed by atoms with Crippen molar-refractivity contribution in [1.82, 2.24) is 9.97 Å². The normalized spacial score (nSPS) is 13.9. The van der Waals surface area contributed by atoms with Gasteiger partial charge in [0.15, 0.2) is 0 Å². The van der Waals surface area contributed by atoms with E-state index in [0.29, 0.717) is 20.4 Å². The van der Waals surface area contributed by atoms with Crippen LogP contribution < -0.4 is 5.56 Å². The molecule has 3 aromatic heterocycles. The third-order valence-corrected chi connectivity index (χ3v) is 6.39. The Morgan fingerprint density at radius 1 is 1.29 bits per heavy atom. The lowest BCUT2D eigenvalue weighted by molar-refractivity contribution is 0.0468. The Labute approximate surface area is 150 Å². The van der Waals surface area contributed by atoms with Crippen LogP contribution in [0.3, 0.4) is 0 Å². The molecule has 0 radical (unpaired) electrons. The SMILES string of the molecule is O=C(OCc1nc2sc3c(c2c(=O)[nH]1)CCCC3)c1ccc(Cl)s1. The highest BCUT2D eigenvalue weighted by Crippen LogP contribution is 2.33. The molecule has 0 aromatic carbocycles. The predicted molar refractivity (Wildman–Crippen MR) is 95.3 cm³/mol. The maximum atomic E-state index is 12.4. The fraction of sp³-hybridized carbons (Fsp3) is 0.312. The average molecular weight is 381 g/mol. The summed E-state index contributed by atoms with van der Waals surface area (Å²) in [4.78, 5) is 34.0. The second-order valence-corrected chi connectivity index (χ2v) is 8.38. The van der Waals surface area contributed by atoms with E-state index in [0.717, 1.165) is 47.4 Å². The number of rotatable bonds is 3. The van der Waals surface area contributed by atoms with Crippen LogP contribution in [0.5, 0.6) is 0 Å². The van der Waals surface area contributed by atoms with E-state index in [4.69, 9.17) is 16.3 Å². The molecule has 4 rings (SSSR count). The van der Waals surface area contributed by atoms with Crippen molar-refractivity contribution in [2.75, 3.05) is 0 Å². The number of esters is 1. The number of aryl methyl sites for hydroxylation is 2. The molecule has 0 fully saturated rings. The molecule has 0 spiro atoms. The Balaban J connectivity index is 1.59. The van der Waals surface area contributed by atoms with Gasteiger partial charge in [-0.3, -0.25) is 4.79 Å². The van der Waals surface area contributed by atoms with Crippen molar-refractivity contribution in [3.05, 3.63) is 48.0 Å². The summed E-state index contributed by atoms with van der Waals surface area (Å²) in [7, 11) is 0. The topological polar surface area (TPSA) is 72.0 Å². The third-order valence-electron chi connectivity index (χ3n) is 3.99. The molecule has 3 heterocycles. The second kappa shape index (κ2) is 6.31. The van der Waals surface area contributed by atoms with Gasteiger partial charge in [-0.05, 0) is 43.4 Å². The van der Waals surface area contributed by atoms with Crippen molar-refractivity contribution < 1.29 is 9.53 Å². The van der Waals surface area contributed by atoms with Crippen LogP contribution in [-0.4, -0.2) is 15.9 Å². The minimum Gasteiger partial charge on any atom is -0.453 e. The molecule has 5 nitrogen and oxygen atoms in total. The van der Waals surface area contributed by atoms with Gasteiger partial charge in [0.1, 0.15) is 22.1 Å². The standard InChI is InChI=1S/C16H13ClN2O3S2/c17-11-6-5-10(23-11)16(21)22-7-12-18-14(20)13-8-3-1-2-4-9(8)24-15(13)19-12/h5-6H,1-4,7H2,(H,18,19,20). The molecule has 124 valence electrons. The summed E-state index contributed by atoms with van der Waals surface area (Å²) in [5, 5.41) is 0.704. The fourth-order valence-corrected chi connectivity index (χ4v) is 5.12. The van der Waals surface area contributed by atoms with Gasteiger partial charge in [-0.25, -0.2) is 9.78 Å². The van der Waals surface area contributed by atoms with Crippen molar-refractivity contribution >= 4 is 50.5 Å². The van der Waals surface area contributed by atoms with Gasteiger partial charge in [0.25, 0.3) is 5.56 Å². The number of carbonyl (C=O) groups excluding carboxylic acids is 1. The molecule has 1 aliphatic rings. The largest absolute Gasteiger partial charge is 0.453 e. The number of aromatic nitrogens is 2. The first kappa shape index (κ1) is 15.8. The van der Waals surface area contributed by atoms with E-state index in [9.17, 15) is 9.59 Å². The number of aromatic amines is 1. The number of hydrogen-bond donors (Lipinski definition) is 1.